The van der Waals surface area contributed by atoms with Crippen molar-refractivity contribution in [1.29, 1.82) is 0 Å². The van der Waals surface area contributed by atoms with E-state index in [9.17, 15) is 9.90 Å². The fraction of sp³-hybridized carbons (Fsp3) is 0.759. The first-order valence-electron chi connectivity index (χ1n) is 13.0. The molecular weight excluding hydrogens is 396 g/mol. The van der Waals surface area contributed by atoms with E-state index >= 15 is 0 Å². The zero-order chi connectivity index (χ0) is 24.1. The number of fused-ring (bicyclic) bond motifs is 1. The molecule has 1 N–H and O–H groups in total. The molecule has 0 bridgehead atoms. The van der Waals surface area contributed by atoms with Gasteiger partial charge < -0.3 is 9.84 Å². The maximum absolute atomic E-state index is 13.0. The number of rotatable bonds is 12. The highest BCUT2D eigenvalue weighted by Crippen LogP contribution is 2.44. The molecule has 1 aliphatic heterocycles. The van der Waals surface area contributed by atoms with Crippen LogP contribution >= 0.6 is 0 Å². The molecule has 0 aromatic heterocycles. The number of aromatic hydroxyl groups is 1. The zero-order valence-electron chi connectivity index (χ0n) is 22.1. The number of ketones is 1. The van der Waals surface area contributed by atoms with Crippen molar-refractivity contribution < 1.29 is 14.6 Å². The van der Waals surface area contributed by atoms with Crippen molar-refractivity contribution in [2.45, 2.75) is 125 Å². The molecule has 3 heteroatoms. The molecule has 0 fully saturated rings. The first-order valence-corrected chi connectivity index (χ1v) is 13.0. The average Bonchev–Trinajstić information content (AvgIpc) is 2.69. The fourth-order valence-corrected chi connectivity index (χ4v) is 5.22. The predicted octanol–water partition coefficient (Wildman–Crippen LogP) is 8.48. The lowest BCUT2D eigenvalue weighted by atomic mass is 9.83. The van der Waals surface area contributed by atoms with Gasteiger partial charge in [0.15, 0.2) is 5.78 Å². The molecule has 0 saturated carbocycles. The number of hydrogen-bond donors (Lipinski definition) is 1. The van der Waals surface area contributed by atoms with E-state index in [1.807, 2.05) is 20.8 Å². The quantitative estimate of drug-likeness (QED) is 0.351. The summed E-state index contributed by atoms with van der Waals surface area (Å²) in [6.45, 7) is 17.1. The average molecular weight is 445 g/mol. The van der Waals surface area contributed by atoms with Crippen LogP contribution in [0.4, 0.5) is 0 Å². The van der Waals surface area contributed by atoms with Crippen LogP contribution in [0.2, 0.25) is 0 Å². The number of Topliss-reactive ketones (excluding diaryl/α,β-unsaturated/α-hetero) is 1. The highest BCUT2D eigenvalue weighted by molar-refractivity contribution is 6.03. The highest BCUT2D eigenvalue weighted by atomic mass is 16.5. The van der Waals surface area contributed by atoms with Crippen LogP contribution in [0.5, 0.6) is 11.5 Å². The van der Waals surface area contributed by atoms with E-state index in [1.54, 1.807) is 0 Å². The van der Waals surface area contributed by atoms with Gasteiger partial charge in [-0.05, 0) is 69.4 Å². The van der Waals surface area contributed by atoms with Crippen LogP contribution in [0.3, 0.4) is 0 Å². The standard InChI is InChI=1S/C29H48O3/c1-19(2)12-9-13-20(3)14-10-15-21(4)16-11-17-29(8)18-25(30)26-24(7)27(31)22(5)23(6)28(26)32-29/h19-21,31H,9-18H2,1-8H3/t20-,21+,29-/m0/s1. The number of phenols is 1. The van der Waals surface area contributed by atoms with Gasteiger partial charge >= 0.3 is 0 Å². The summed E-state index contributed by atoms with van der Waals surface area (Å²) < 4.78 is 6.45. The van der Waals surface area contributed by atoms with Crippen molar-refractivity contribution >= 4 is 5.78 Å². The van der Waals surface area contributed by atoms with E-state index in [0.717, 1.165) is 41.7 Å². The Morgan fingerprint density at radius 3 is 1.94 bits per heavy atom. The van der Waals surface area contributed by atoms with Crippen molar-refractivity contribution in [3.8, 4) is 11.5 Å². The molecule has 1 heterocycles. The van der Waals surface area contributed by atoms with Crippen LogP contribution in [0.1, 0.15) is 126 Å². The smallest absolute Gasteiger partial charge is 0.170 e. The van der Waals surface area contributed by atoms with Crippen molar-refractivity contribution in [3.05, 3.63) is 22.3 Å². The Hall–Kier alpha value is -1.51. The van der Waals surface area contributed by atoms with E-state index in [0.29, 0.717) is 23.3 Å². The Morgan fingerprint density at radius 1 is 0.844 bits per heavy atom. The number of carbonyl (C=O) groups excluding carboxylic acids is 1. The minimum Gasteiger partial charge on any atom is -0.507 e. The van der Waals surface area contributed by atoms with Gasteiger partial charge in [0, 0.05) is 5.56 Å². The molecule has 0 radical (unpaired) electrons. The summed E-state index contributed by atoms with van der Waals surface area (Å²) in [6.07, 6.45) is 11.6. The molecule has 182 valence electrons. The molecule has 1 aliphatic rings. The third kappa shape index (κ3) is 6.99. The molecule has 32 heavy (non-hydrogen) atoms. The topological polar surface area (TPSA) is 46.5 Å². The van der Waals surface area contributed by atoms with Gasteiger partial charge in [-0.3, -0.25) is 4.79 Å². The summed E-state index contributed by atoms with van der Waals surface area (Å²) >= 11 is 0. The molecule has 2 rings (SSSR count). The first-order chi connectivity index (χ1) is 14.9. The second-order valence-corrected chi connectivity index (χ2v) is 11.4. The van der Waals surface area contributed by atoms with Gasteiger partial charge in [0.2, 0.25) is 0 Å². The molecule has 1 aromatic rings. The Labute approximate surface area is 197 Å². The van der Waals surface area contributed by atoms with Gasteiger partial charge in [-0.25, -0.2) is 0 Å². The Kier molecular flexibility index (Phi) is 9.67. The van der Waals surface area contributed by atoms with Crippen LogP contribution in [-0.2, 0) is 0 Å². The van der Waals surface area contributed by atoms with E-state index < -0.39 is 5.60 Å². The summed E-state index contributed by atoms with van der Waals surface area (Å²) in [4.78, 5) is 13.0. The molecule has 3 nitrogen and oxygen atoms in total. The predicted molar refractivity (Wildman–Crippen MR) is 135 cm³/mol. The lowest BCUT2D eigenvalue weighted by Gasteiger charge is -2.37. The van der Waals surface area contributed by atoms with Crippen LogP contribution in [-0.4, -0.2) is 16.5 Å². The normalized spacial score (nSPS) is 20.2. The Morgan fingerprint density at radius 2 is 1.38 bits per heavy atom. The Balaban J connectivity index is 1.80. The molecule has 0 spiro atoms. The van der Waals surface area contributed by atoms with Gasteiger partial charge in [-0.1, -0.05) is 72.6 Å². The molecule has 0 unspecified atom stereocenters. The second kappa shape index (κ2) is 11.6. The fourth-order valence-electron chi connectivity index (χ4n) is 5.22. The minimum absolute atomic E-state index is 0.101. The first kappa shape index (κ1) is 26.7. The SMILES string of the molecule is Cc1c(C)c2c(c(C)c1O)C(=O)C[C@](C)(CCC[C@H](C)CCC[C@@H](C)CCCC(C)C)O2. The summed E-state index contributed by atoms with van der Waals surface area (Å²) in [6, 6.07) is 0. The molecule has 1 aromatic carbocycles. The summed E-state index contributed by atoms with van der Waals surface area (Å²) in [5.41, 5.74) is 2.49. The third-order valence-corrected chi connectivity index (χ3v) is 7.65. The van der Waals surface area contributed by atoms with Crippen molar-refractivity contribution in [2.75, 3.05) is 0 Å². The summed E-state index contributed by atoms with van der Waals surface area (Å²) in [7, 11) is 0. The maximum Gasteiger partial charge on any atom is 0.170 e. The van der Waals surface area contributed by atoms with Crippen molar-refractivity contribution in [2.24, 2.45) is 17.8 Å². The van der Waals surface area contributed by atoms with Crippen molar-refractivity contribution in [3.63, 3.8) is 0 Å². The van der Waals surface area contributed by atoms with Gasteiger partial charge in [-0.2, -0.15) is 0 Å². The molecule has 0 saturated heterocycles. The molecule has 3 atom stereocenters. The summed E-state index contributed by atoms with van der Waals surface area (Å²) in [5, 5.41) is 10.4. The van der Waals surface area contributed by atoms with Gasteiger partial charge in [0.25, 0.3) is 0 Å². The Bertz CT molecular complexity index is 779. The number of phenolic OH excluding ortho intramolecular Hbond substituents is 1. The van der Waals surface area contributed by atoms with E-state index in [-0.39, 0.29) is 11.5 Å². The van der Waals surface area contributed by atoms with Crippen LogP contribution in [0, 0.1) is 38.5 Å². The van der Waals surface area contributed by atoms with E-state index in [1.165, 1.54) is 44.9 Å². The second-order valence-electron chi connectivity index (χ2n) is 11.4. The van der Waals surface area contributed by atoms with E-state index in [2.05, 4.69) is 34.6 Å². The highest BCUT2D eigenvalue weighted by Gasteiger charge is 2.39. The number of ether oxygens (including phenoxy) is 1. The third-order valence-electron chi connectivity index (χ3n) is 7.65. The van der Waals surface area contributed by atoms with Crippen molar-refractivity contribution in [1.82, 2.24) is 0 Å². The van der Waals surface area contributed by atoms with Crippen LogP contribution < -0.4 is 4.74 Å². The molecular formula is C29H48O3. The number of benzene rings is 1. The lowest BCUT2D eigenvalue weighted by Crippen LogP contribution is -2.40. The van der Waals surface area contributed by atoms with Gasteiger partial charge in [0.05, 0.1) is 12.0 Å². The zero-order valence-corrected chi connectivity index (χ0v) is 22.1. The van der Waals surface area contributed by atoms with Crippen LogP contribution in [0.15, 0.2) is 0 Å². The molecule has 0 amide bonds. The van der Waals surface area contributed by atoms with Gasteiger partial charge in [0.1, 0.15) is 17.1 Å². The monoisotopic (exact) mass is 444 g/mol. The lowest BCUT2D eigenvalue weighted by molar-refractivity contribution is 0.0438. The van der Waals surface area contributed by atoms with E-state index in [4.69, 9.17) is 4.74 Å². The molecule has 0 aliphatic carbocycles. The minimum atomic E-state index is -0.449. The number of carbonyl (C=O) groups is 1. The van der Waals surface area contributed by atoms with Gasteiger partial charge in [-0.15, -0.1) is 0 Å². The largest absolute Gasteiger partial charge is 0.507 e. The van der Waals surface area contributed by atoms with Crippen LogP contribution in [0.25, 0.3) is 0 Å². The number of hydrogen-bond acceptors (Lipinski definition) is 3. The summed E-state index contributed by atoms with van der Waals surface area (Å²) in [5.74, 6) is 3.41. The maximum atomic E-state index is 13.0.